The first kappa shape index (κ1) is 17.2. The Morgan fingerprint density at radius 3 is 2.58 bits per heavy atom. The van der Waals surface area contributed by atoms with E-state index in [1.807, 2.05) is 29.2 Å². The van der Waals surface area contributed by atoms with Crippen molar-refractivity contribution in [2.24, 2.45) is 0 Å². The van der Waals surface area contributed by atoms with Gasteiger partial charge in [-0.25, -0.2) is 4.98 Å². The number of benzene rings is 1. The molecule has 0 N–H and O–H groups in total. The third-order valence-corrected chi connectivity index (χ3v) is 4.94. The van der Waals surface area contributed by atoms with E-state index < -0.39 is 0 Å². The number of amides is 1. The van der Waals surface area contributed by atoms with Crippen LogP contribution >= 0.6 is 15.9 Å². The molecule has 1 fully saturated rings. The molecule has 1 aromatic carbocycles. The van der Waals surface area contributed by atoms with Crippen molar-refractivity contribution in [2.45, 2.75) is 19.8 Å². The molecule has 1 amide bonds. The van der Waals surface area contributed by atoms with Gasteiger partial charge in [0.1, 0.15) is 0 Å². The number of aryl methyl sites for hydroxylation is 1. The molecule has 0 spiro atoms. The molecule has 2 aromatic rings. The fourth-order valence-electron chi connectivity index (χ4n) is 2.86. The van der Waals surface area contributed by atoms with E-state index in [-0.39, 0.29) is 5.91 Å². The van der Waals surface area contributed by atoms with Crippen LogP contribution in [0.4, 0.5) is 0 Å². The van der Waals surface area contributed by atoms with Crippen molar-refractivity contribution in [2.75, 3.05) is 32.7 Å². The molecule has 1 saturated heterocycles. The third kappa shape index (κ3) is 4.24. The minimum atomic E-state index is 0.189. The van der Waals surface area contributed by atoms with Crippen molar-refractivity contribution in [3.8, 4) is 11.3 Å². The van der Waals surface area contributed by atoms with Crippen LogP contribution in [0.5, 0.6) is 0 Å². The number of hydrogen-bond acceptors (Lipinski definition) is 4. The summed E-state index contributed by atoms with van der Waals surface area (Å²) in [6, 6.07) is 7.90. The van der Waals surface area contributed by atoms with E-state index in [1.54, 1.807) is 6.20 Å². The highest BCUT2D eigenvalue weighted by atomic mass is 79.9. The van der Waals surface area contributed by atoms with E-state index in [1.165, 1.54) is 0 Å². The molecule has 0 unspecified atom stereocenters. The van der Waals surface area contributed by atoms with Gasteiger partial charge in [0, 0.05) is 49.1 Å². The van der Waals surface area contributed by atoms with Gasteiger partial charge in [0.15, 0.2) is 11.7 Å². The van der Waals surface area contributed by atoms with Gasteiger partial charge >= 0.3 is 0 Å². The van der Waals surface area contributed by atoms with Gasteiger partial charge in [0.05, 0.1) is 6.20 Å². The molecule has 128 valence electrons. The van der Waals surface area contributed by atoms with E-state index in [9.17, 15) is 4.79 Å². The Bertz CT molecular complexity index is 676. The number of hydrogen-bond donors (Lipinski definition) is 0. The van der Waals surface area contributed by atoms with Crippen molar-refractivity contribution in [3.63, 3.8) is 0 Å². The summed E-state index contributed by atoms with van der Waals surface area (Å²) in [4.78, 5) is 20.9. The van der Waals surface area contributed by atoms with Crippen LogP contribution in [0.3, 0.4) is 0 Å². The van der Waals surface area contributed by atoms with Gasteiger partial charge in [-0.2, -0.15) is 0 Å². The zero-order chi connectivity index (χ0) is 16.9. The average Bonchev–Trinajstić information content (AvgIpc) is 3.09. The van der Waals surface area contributed by atoms with Gasteiger partial charge in [0.25, 0.3) is 0 Å². The minimum Gasteiger partial charge on any atom is -0.441 e. The van der Waals surface area contributed by atoms with Crippen molar-refractivity contribution < 1.29 is 9.21 Å². The van der Waals surface area contributed by atoms with Crippen LogP contribution in [0, 0.1) is 0 Å². The Morgan fingerprint density at radius 2 is 1.92 bits per heavy atom. The van der Waals surface area contributed by atoms with E-state index in [0.717, 1.165) is 48.5 Å². The number of halogens is 1. The van der Waals surface area contributed by atoms with Crippen molar-refractivity contribution in [1.29, 1.82) is 0 Å². The topological polar surface area (TPSA) is 49.6 Å². The highest BCUT2D eigenvalue weighted by Gasteiger charge is 2.20. The number of piperazine rings is 1. The Kier molecular flexibility index (Phi) is 5.68. The van der Waals surface area contributed by atoms with E-state index in [0.29, 0.717) is 18.7 Å². The van der Waals surface area contributed by atoms with Gasteiger partial charge in [-0.15, -0.1) is 0 Å². The lowest BCUT2D eigenvalue weighted by Gasteiger charge is -2.34. The monoisotopic (exact) mass is 391 g/mol. The predicted octanol–water partition coefficient (Wildman–Crippen LogP) is 3.20. The van der Waals surface area contributed by atoms with Gasteiger partial charge in [-0.1, -0.05) is 35.0 Å². The molecule has 1 aromatic heterocycles. The largest absolute Gasteiger partial charge is 0.441 e. The highest BCUT2D eigenvalue weighted by Crippen LogP contribution is 2.23. The van der Waals surface area contributed by atoms with Gasteiger partial charge < -0.3 is 14.2 Å². The zero-order valence-corrected chi connectivity index (χ0v) is 15.5. The number of oxazole rings is 1. The van der Waals surface area contributed by atoms with Gasteiger partial charge in [0.2, 0.25) is 5.91 Å². The maximum atomic E-state index is 12.3. The number of carbonyl (C=O) groups is 1. The highest BCUT2D eigenvalue weighted by molar-refractivity contribution is 9.10. The number of rotatable bonds is 5. The fraction of sp³-hybridized carbons (Fsp3) is 0.444. The van der Waals surface area contributed by atoms with Gasteiger partial charge in [-0.3, -0.25) is 4.79 Å². The molecule has 5 nitrogen and oxygen atoms in total. The number of aromatic nitrogens is 1. The molecule has 1 aliphatic heterocycles. The second kappa shape index (κ2) is 7.94. The maximum absolute atomic E-state index is 12.3. The van der Waals surface area contributed by atoms with Crippen LogP contribution in [-0.4, -0.2) is 53.4 Å². The number of carbonyl (C=O) groups excluding carboxylic acids is 1. The summed E-state index contributed by atoms with van der Waals surface area (Å²) in [6.07, 6.45) is 2.72. The molecule has 0 atom stereocenters. The molecule has 6 heteroatoms. The lowest BCUT2D eigenvalue weighted by molar-refractivity contribution is -0.132. The number of nitrogens with zero attached hydrogens (tertiary/aromatic N) is 3. The Labute approximate surface area is 150 Å². The Balaban J connectivity index is 1.52. The summed E-state index contributed by atoms with van der Waals surface area (Å²) >= 11 is 3.42. The SMILES string of the molecule is CCN1CCN(C(=O)CCc2ncc(-c3ccc(Br)cc3)o2)CC1. The van der Waals surface area contributed by atoms with E-state index in [2.05, 4.69) is 32.7 Å². The summed E-state index contributed by atoms with van der Waals surface area (Å²) in [5.41, 5.74) is 0.985. The van der Waals surface area contributed by atoms with Crippen molar-refractivity contribution >= 4 is 21.8 Å². The first-order valence-corrected chi connectivity index (χ1v) is 9.16. The fourth-order valence-corrected chi connectivity index (χ4v) is 3.12. The van der Waals surface area contributed by atoms with Crippen LogP contribution in [0.15, 0.2) is 39.4 Å². The Morgan fingerprint density at radius 1 is 1.21 bits per heavy atom. The summed E-state index contributed by atoms with van der Waals surface area (Å²) in [5.74, 6) is 1.55. The molecule has 0 aliphatic carbocycles. The molecule has 1 aliphatic rings. The average molecular weight is 392 g/mol. The summed E-state index contributed by atoms with van der Waals surface area (Å²) < 4.78 is 6.80. The lowest BCUT2D eigenvalue weighted by Crippen LogP contribution is -2.48. The minimum absolute atomic E-state index is 0.189. The zero-order valence-electron chi connectivity index (χ0n) is 13.9. The maximum Gasteiger partial charge on any atom is 0.223 e. The third-order valence-electron chi connectivity index (χ3n) is 4.41. The molecule has 2 heterocycles. The second-order valence-corrected chi connectivity index (χ2v) is 6.86. The first-order chi connectivity index (χ1) is 11.7. The standard InChI is InChI=1S/C18H22BrN3O2/c1-2-21-9-11-22(12-10-21)18(23)8-7-17-20-13-16(24-17)14-3-5-15(19)6-4-14/h3-6,13H,2,7-12H2,1H3. The molecule has 0 bridgehead atoms. The molecular weight excluding hydrogens is 370 g/mol. The van der Waals surface area contributed by atoms with E-state index in [4.69, 9.17) is 4.42 Å². The summed E-state index contributed by atoms with van der Waals surface area (Å²) in [6.45, 7) is 6.79. The van der Waals surface area contributed by atoms with Crippen molar-refractivity contribution in [3.05, 3.63) is 40.8 Å². The molecule has 0 radical (unpaired) electrons. The first-order valence-electron chi connectivity index (χ1n) is 8.36. The van der Waals surface area contributed by atoms with Crippen LogP contribution in [0.25, 0.3) is 11.3 Å². The molecule has 0 saturated carbocycles. The molecule has 24 heavy (non-hydrogen) atoms. The Hall–Kier alpha value is -1.66. The van der Waals surface area contributed by atoms with Gasteiger partial charge in [-0.05, 0) is 18.7 Å². The summed E-state index contributed by atoms with van der Waals surface area (Å²) in [5, 5.41) is 0. The second-order valence-electron chi connectivity index (χ2n) is 5.94. The van der Waals surface area contributed by atoms with Crippen molar-refractivity contribution in [1.82, 2.24) is 14.8 Å². The molecule has 3 rings (SSSR count). The van der Waals surface area contributed by atoms with Crippen LogP contribution in [-0.2, 0) is 11.2 Å². The molecular formula is C18H22BrN3O2. The summed E-state index contributed by atoms with van der Waals surface area (Å²) in [7, 11) is 0. The van der Waals surface area contributed by atoms with Crippen LogP contribution in [0.2, 0.25) is 0 Å². The smallest absolute Gasteiger partial charge is 0.223 e. The van der Waals surface area contributed by atoms with Crippen LogP contribution < -0.4 is 0 Å². The predicted molar refractivity (Wildman–Crippen MR) is 96.7 cm³/mol. The van der Waals surface area contributed by atoms with Crippen LogP contribution in [0.1, 0.15) is 19.2 Å². The lowest BCUT2D eigenvalue weighted by atomic mass is 10.2. The quantitative estimate of drug-likeness (QED) is 0.784. The van der Waals surface area contributed by atoms with E-state index >= 15 is 0 Å². The number of likely N-dealkylation sites (N-methyl/N-ethyl adjacent to an activating group) is 1. The normalized spacial score (nSPS) is 15.7.